The first-order chi connectivity index (χ1) is 13.4. The Bertz CT molecular complexity index is 752. The van der Waals surface area contributed by atoms with E-state index in [0.29, 0.717) is 44.5 Å². The first-order valence-corrected chi connectivity index (χ1v) is 11.6. The van der Waals surface area contributed by atoms with Crippen LogP contribution in [0.3, 0.4) is 0 Å². The van der Waals surface area contributed by atoms with Gasteiger partial charge in [-0.15, -0.1) is 0 Å². The number of quaternary nitrogens is 1. The largest absolute Gasteiger partial charge is 0.497 e. The molecule has 1 N–H and O–H groups in total. The normalized spacial score (nSPS) is 20.1. The van der Waals surface area contributed by atoms with Crippen LogP contribution in [-0.2, 0) is 14.8 Å². The average molecular weight is 411 g/mol. The highest BCUT2D eigenvalue weighted by Crippen LogP contribution is 2.21. The molecule has 1 saturated heterocycles. The van der Waals surface area contributed by atoms with Crippen molar-refractivity contribution in [2.45, 2.75) is 43.0 Å². The van der Waals surface area contributed by atoms with Crippen molar-refractivity contribution >= 4 is 15.9 Å². The molecule has 7 nitrogen and oxygen atoms in total. The number of carbonyl (C=O) groups excluding carboxylic acids is 1. The summed E-state index contributed by atoms with van der Waals surface area (Å²) < 4.78 is 32.3. The molecule has 28 heavy (non-hydrogen) atoms. The minimum Gasteiger partial charge on any atom is -0.497 e. The first kappa shape index (κ1) is 21.1. The number of amides is 1. The molecule has 1 aliphatic carbocycles. The standard InChI is InChI=1S/C20H31N3O4S/c1-21(17-6-4-3-5-7-17)20(24)16-22-12-14-23(15-13-22)28(25,26)19-10-8-18(27-2)9-11-19/h8-11,17H,3-7,12-16H2,1-2H3/p+1. The molecule has 1 amide bonds. The number of carbonyl (C=O) groups is 1. The minimum atomic E-state index is -3.50. The van der Waals surface area contributed by atoms with Crippen LogP contribution in [-0.4, -0.2) is 76.5 Å². The number of sulfonamides is 1. The first-order valence-electron chi connectivity index (χ1n) is 10.2. The third-order valence-electron chi connectivity index (χ3n) is 6.04. The number of methoxy groups -OCH3 is 1. The van der Waals surface area contributed by atoms with E-state index in [4.69, 9.17) is 4.74 Å². The van der Waals surface area contributed by atoms with E-state index >= 15 is 0 Å². The van der Waals surface area contributed by atoms with Crippen LogP contribution in [0.15, 0.2) is 29.2 Å². The summed E-state index contributed by atoms with van der Waals surface area (Å²) in [5.41, 5.74) is 0. The third-order valence-corrected chi connectivity index (χ3v) is 7.96. The second-order valence-electron chi connectivity index (χ2n) is 7.80. The molecule has 0 radical (unpaired) electrons. The summed E-state index contributed by atoms with van der Waals surface area (Å²) in [7, 11) is -0.0304. The van der Waals surface area contributed by atoms with Crippen molar-refractivity contribution in [2.75, 3.05) is 46.9 Å². The lowest BCUT2D eigenvalue weighted by atomic mass is 9.94. The maximum Gasteiger partial charge on any atom is 0.277 e. The van der Waals surface area contributed by atoms with Crippen LogP contribution >= 0.6 is 0 Å². The molecule has 1 saturated carbocycles. The monoisotopic (exact) mass is 410 g/mol. The van der Waals surface area contributed by atoms with Crippen LogP contribution in [0.2, 0.25) is 0 Å². The maximum absolute atomic E-state index is 12.8. The quantitative estimate of drug-likeness (QED) is 0.736. The van der Waals surface area contributed by atoms with Gasteiger partial charge in [-0.05, 0) is 37.1 Å². The van der Waals surface area contributed by atoms with E-state index in [2.05, 4.69) is 0 Å². The van der Waals surface area contributed by atoms with Crippen molar-refractivity contribution in [3.05, 3.63) is 24.3 Å². The van der Waals surface area contributed by atoms with Crippen molar-refractivity contribution in [3.8, 4) is 5.75 Å². The van der Waals surface area contributed by atoms with Gasteiger partial charge in [-0.1, -0.05) is 19.3 Å². The number of ether oxygens (including phenoxy) is 1. The highest BCUT2D eigenvalue weighted by atomic mass is 32.2. The number of rotatable bonds is 6. The number of hydrogen-bond acceptors (Lipinski definition) is 4. The minimum absolute atomic E-state index is 0.174. The van der Waals surface area contributed by atoms with E-state index < -0.39 is 10.0 Å². The zero-order valence-corrected chi connectivity index (χ0v) is 17.7. The zero-order chi connectivity index (χ0) is 20.1. The van der Waals surface area contributed by atoms with E-state index in [1.165, 1.54) is 23.6 Å². The summed E-state index contributed by atoms with van der Waals surface area (Å²) in [6.45, 7) is 2.62. The Kier molecular flexibility index (Phi) is 6.95. The summed E-state index contributed by atoms with van der Waals surface area (Å²) in [5, 5.41) is 0. The number of likely N-dealkylation sites (N-methyl/N-ethyl adjacent to an activating group) is 1. The van der Waals surface area contributed by atoms with E-state index in [-0.39, 0.29) is 10.8 Å². The molecule has 2 fully saturated rings. The summed E-state index contributed by atoms with van der Waals surface area (Å²) in [4.78, 5) is 16.0. The highest BCUT2D eigenvalue weighted by molar-refractivity contribution is 7.89. The second kappa shape index (κ2) is 9.24. The third kappa shape index (κ3) is 4.85. The predicted octanol–water partition coefficient (Wildman–Crippen LogP) is 0.376. The van der Waals surface area contributed by atoms with E-state index in [1.807, 2.05) is 11.9 Å². The number of benzene rings is 1. The molecule has 1 heterocycles. The van der Waals surface area contributed by atoms with Gasteiger partial charge in [0.05, 0.1) is 38.2 Å². The van der Waals surface area contributed by atoms with Gasteiger partial charge >= 0.3 is 0 Å². The average Bonchev–Trinajstić information content (AvgIpc) is 2.74. The molecule has 1 aromatic carbocycles. The Hall–Kier alpha value is -1.64. The Morgan fingerprint density at radius 3 is 2.32 bits per heavy atom. The molecule has 0 unspecified atom stereocenters. The summed E-state index contributed by atoms with van der Waals surface area (Å²) in [6, 6.07) is 6.85. The van der Waals surface area contributed by atoms with Crippen LogP contribution in [0, 0.1) is 0 Å². The molecule has 0 aromatic heterocycles. The number of hydrogen-bond donors (Lipinski definition) is 1. The summed E-state index contributed by atoms with van der Waals surface area (Å²) in [6.07, 6.45) is 5.89. The Labute approximate surface area is 168 Å². The zero-order valence-electron chi connectivity index (χ0n) is 16.9. The van der Waals surface area contributed by atoms with Gasteiger partial charge in [-0.25, -0.2) is 8.42 Å². The lowest BCUT2D eigenvalue weighted by molar-refractivity contribution is -0.896. The highest BCUT2D eigenvalue weighted by Gasteiger charge is 2.32. The lowest BCUT2D eigenvalue weighted by Crippen LogP contribution is -3.15. The number of nitrogens with zero attached hydrogens (tertiary/aromatic N) is 2. The van der Waals surface area contributed by atoms with Gasteiger partial charge < -0.3 is 14.5 Å². The molecule has 1 aromatic rings. The second-order valence-corrected chi connectivity index (χ2v) is 9.74. The van der Waals surface area contributed by atoms with Crippen molar-refractivity contribution in [1.29, 1.82) is 0 Å². The van der Waals surface area contributed by atoms with Gasteiger partial charge in [0, 0.05) is 13.1 Å². The predicted molar refractivity (Wildman–Crippen MR) is 107 cm³/mol. The van der Waals surface area contributed by atoms with Gasteiger partial charge in [0.25, 0.3) is 5.91 Å². The smallest absolute Gasteiger partial charge is 0.277 e. The van der Waals surface area contributed by atoms with Gasteiger partial charge in [0.2, 0.25) is 10.0 Å². The Morgan fingerprint density at radius 1 is 1.14 bits per heavy atom. The summed E-state index contributed by atoms with van der Waals surface area (Å²) in [5.74, 6) is 0.808. The van der Waals surface area contributed by atoms with E-state index in [9.17, 15) is 13.2 Å². The lowest BCUT2D eigenvalue weighted by Gasteiger charge is -2.34. The molecular formula is C20H32N3O4S+. The van der Waals surface area contributed by atoms with Crippen LogP contribution < -0.4 is 9.64 Å². The number of piperazine rings is 1. The van der Waals surface area contributed by atoms with E-state index in [1.54, 1.807) is 31.4 Å². The van der Waals surface area contributed by atoms with Crippen molar-refractivity contribution < 1.29 is 22.8 Å². The topological polar surface area (TPSA) is 71.4 Å². The molecule has 8 heteroatoms. The van der Waals surface area contributed by atoms with Crippen LogP contribution in [0.25, 0.3) is 0 Å². The van der Waals surface area contributed by atoms with Crippen LogP contribution in [0.5, 0.6) is 5.75 Å². The fraction of sp³-hybridized carbons (Fsp3) is 0.650. The Balaban J connectivity index is 1.52. The van der Waals surface area contributed by atoms with Crippen LogP contribution in [0.4, 0.5) is 0 Å². The van der Waals surface area contributed by atoms with Crippen molar-refractivity contribution in [2.24, 2.45) is 0 Å². The van der Waals surface area contributed by atoms with Crippen molar-refractivity contribution in [3.63, 3.8) is 0 Å². The molecule has 2 aliphatic rings. The van der Waals surface area contributed by atoms with E-state index in [0.717, 1.165) is 17.7 Å². The molecular weight excluding hydrogens is 378 g/mol. The molecule has 156 valence electrons. The molecule has 1 aliphatic heterocycles. The van der Waals surface area contributed by atoms with Gasteiger partial charge in [-0.3, -0.25) is 4.79 Å². The SMILES string of the molecule is COc1ccc(S(=O)(=O)N2CC[NH+](CC(=O)N(C)C3CCCCC3)CC2)cc1. The maximum atomic E-state index is 12.8. The molecule has 0 spiro atoms. The molecule has 3 rings (SSSR count). The van der Waals surface area contributed by atoms with Gasteiger partial charge in [0.15, 0.2) is 6.54 Å². The fourth-order valence-electron chi connectivity index (χ4n) is 4.13. The van der Waals surface area contributed by atoms with Gasteiger partial charge in [-0.2, -0.15) is 4.31 Å². The number of nitrogens with one attached hydrogen (secondary N) is 1. The van der Waals surface area contributed by atoms with Gasteiger partial charge in [0.1, 0.15) is 5.75 Å². The summed E-state index contributed by atoms with van der Waals surface area (Å²) >= 11 is 0. The fourth-order valence-corrected chi connectivity index (χ4v) is 5.57. The van der Waals surface area contributed by atoms with Crippen LogP contribution in [0.1, 0.15) is 32.1 Å². The molecule has 0 bridgehead atoms. The Morgan fingerprint density at radius 2 is 1.75 bits per heavy atom. The van der Waals surface area contributed by atoms with Crippen molar-refractivity contribution in [1.82, 2.24) is 9.21 Å². The molecule has 0 atom stereocenters.